The number of nitriles is 1. The van der Waals surface area contributed by atoms with E-state index < -0.39 is 5.54 Å². The fourth-order valence-corrected chi connectivity index (χ4v) is 1.47. The van der Waals surface area contributed by atoms with Crippen LogP contribution in [0.25, 0.3) is 0 Å². The molecule has 0 bridgehead atoms. The molecule has 0 aliphatic carbocycles. The van der Waals surface area contributed by atoms with Crippen LogP contribution in [0.15, 0.2) is 0 Å². The summed E-state index contributed by atoms with van der Waals surface area (Å²) in [6.07, 6.45) is 0. The Balaban J connectivity index is 4.37. The van der Waals surface area contributed by atoms with E-state index in [9.17, 15) is 0 Å². The highest BCUT2D eigenvalue weighted by Gasteiger charge is 2.24. The van der Waals surface area contributed by atoms with Crippen molar-refractivity contribution in [3.63, 3.8) is 0 Å². The first-order valence-electron chi connectivity index (χ1n) is 5.39. The molecule has 94 valence electrons. The van der Waals surface area contributed by atoms with E-state index in [-0.39, 0.29) is 6.04 Å². The highest BCUT2D eigenvalue weighted by atomic mass is 16.5. The Morgan fingerprint density at radius 1 is 1.44 bits per heavy atom. The number of ether oxygens (including phenoxy) is 2. The monoisotopic (exact) mass is 229 g/mol. The van der Waals surface area contributed by atoms with Crippen molar-refractivity contribution in [2.75, 3.05) is 40.5 Å². The first-order valence-corrected chi connectivity index (χ1v) is 5.39. The Morgan fingerprint density at radius 2 is 2.06 bits per heavy atom. The molecule has 0 aliphatic heterocycles. The van der Waals surface area contributed by atoms with Crippen molar-refractivity contribution in [2.45, 2.75) is 25.4 Å². The van der Waals surface area contributed by atoms with E-state index in [4.69, 9.17) is 20.5 Å². The Bertz CT molecular complexity index is 226. The van der Waals surface area contributed by atoms with Crippen molar-refractivity contribution in [2.24, 2.45) is 5.73 Å². The lowest BCUT2D eigenvalue weighted by molar-refractivity contribution is 0.0675. The van der Waals surface area contributed by atoms with Gasteiger partial charge in [0.15, 0.2) is 0 Å². The highest BCUT2D eigenvalue weighted by molar-refractivity contribution is 5.03. The van der Waals surface area contributed by atoms with Crippen molar-refractivity contribution in [3.8, 4) is 6.07 Å². The summed E-state index contributed by atoms with van der Waals surface area (Å²) in [5.74, 6) is 0. The first kappa shape index (κ1) is 15.3. The summed E-state index contributed by atoms with van der Waals surface area (Å²) >= 11 is 0. The smallest absolute Gasteiger partial charge is 0.114 e. The zero-order chi connectivity index (χ0) is 12.6. The summed E-state index contributed by atoms with van der Waals surface area (Å²) in [7, 11) is 3.32. The molecule has 0 aromatic heterocycles. The second-order valence-corrected chi connectivity index (χ2v) is 4.30. The van der Waals surface area contributed by atoms with Crippen molar-refractivity contribution >= 4 is 0 Å². The Labute approximate surface area is 98.1 Å². The molecule has 16 heavy (non-hydrogen) atoms. The SMILES string of the molecule is COCCN(CC(C)(N)C#N)C(C)COC. The van der Waals surface area contributed by atoms with Crippen LogP contribution in [0.3, 0.4) is 0 Å². The zero-order valence-corrected chi connectivity index (χ0v) is 10.7. The summed E-state index contributed by atoms with van der Waals surface area (Å²) in [6, 6.07) is 2.32. The minimum absolute atomic E-state index is 0.219. The Morgan fingerprint density at radius 3 is 2.50 bits per heavy atom. The van der Waals surface area contributed by atoms with Crippen molar-refractivity contribution in [3.05, 3.63) is 0 Å². The van der Waals surface area contributed by atoms with Crippen LogP contribution in [0.5, 0.6) is 0 Å². The van der Waals surface area contributed by atoms with Crippen LogP contribution in [-0.2, 0) is 9.47 Å². The summed E-state index contributed by atoms with van der Waals surface area (Å²) in [5, 5.41) is 8.92. The zero-order valence-electron chi connectivity index (χ0n) is 10.7. The van der Waals surface area contributed by atoms with Crippen LogP contribution >= 0.6 is 0 Å². The lowest BCUT2D eigenvalue weighted by Crippen LogP contribution is -2.51. The molecule has 2 N–H and O–H groups in total. The maximum absolute atomic E-state index is 8.92. The largest absolute Gasteiger partial charge is 0.383 e. The van der Waals surface area contributed by atoms with E-state index >= 15 is 0 Å². The Hall–Kier alpha value is -0.670. The molecular weight excluding hydrogens is 206 g/mol. The van der Waals surface area contributed by atoms with E-state index in [2.05, 4.69) is 11.0 Å². The van der Waals surface area contributed by atoms with Gasteiger partial charge < -0.3 is 15.2 Å². The number of rotatable bonds is 8. The third-order valence-corrected chi connectivity index (χ3v) is 2.40. The van der Waals surface area contributed by atoms with Crippen molar-refractivity contribution in [1.82, 2.24) is 4.90 Å². The fraction of sp³-hybridized carbons (Fsp3) is 0.909. The van der Waals surface area contributed by atoms with Gasteiger partial charge in [-0.2, -0.15) is 5.26 Å². The molecule has 0 heterocycles. The van der Waals surface area contributed by atoms with Crippen LogP contribution < -0.4 is 5.73 Å². The summed E-state index contributed by atoms with van der Waals surface area (Å²) in [4.78, 5) is 2.11. The van der Waals surface area contributed by atoms with Gasteiger partial charge in [-0.1, -0.05) is 0 Å². The lowest BCUT2D eigenvalue weighted by Gasteiger charge is -2.32. The van der Waals surface area contributed by atoms with E-state index in [1.807, 2.05) is 6.92 Å². The molecule has 0 aromatic carbocycles. The van der Waals surface area contributed by atoms with Gasteiger partial charge in [-0.15, -0.1) is 0 Å². The van der Waals surface area contributed by atoms with Crippen LogP contribution in [0.4, 0.5) is 0 Å². The third-order valence-electron chi connectivity index (χ3n) is 2.40. The summed E-state index contributed by atoms with van der Waals surface area (Å²) in [5.41, 5.74) is 5.00. The van der Waals surface area contributed by atoms with E-state index in [1.165, 1.54) is 0 Å². The molecular formula is C11H23N3O2. The molecule has 0 radical (unpaired) electrons. The van der Waals surface area contributed by atoms with Gasteiger partial charge in [0.1, 0.15) is 5.54 Å². The average molecular weight is 229 g/mol. The maximum Gasteiger partial charge on any atom is 0.114 e. The average Bonchev–Trinajstić information content (AvgIpc) is 2.24. The van der Waals surface area contributed by atoms with Crippen LogP contribution in [-0.4, -0.2) is 57.0 Å². The van der Waals surface area contributed by atoms with E-state index in [0.717, 1.165) is 6.54 Å². The maximum atomic E-state index is 8.92. The number of nitrogens with zero attached hydrogens (tertiary/aromatic N) is 2. The number of methoxy groups -OCH3 is 2. The minimum Gasteiger partial charge on any atom is -0.383 e. The van der Waals surface area contributed by atoms with Crippen LogP contribution in [0.2, 0.25) is 0 Å². The minimum atomic E-state index is -0.838. The number of nitrogens with two attached hydrogens (primary N) is 1. The number of hydrogen-bond acceptors (Lipinski definition) is 5. The molecule has 5 nitrogen and oxygen atoms in total. The molecule has 0 rings (SSSR count). The van der Waals surface area contributed by atoms with Crippen molar-refractivity contribution < 1.29 is 9.47 Å². The third kappa shape index (κ3) is 6.03. The van der Waals surface area contributed by atoms with Gasteiger partial charge in [0.05, 0.1) is 19.3 Å². The van der Waals surface area contributed by atoms with Gasteiger partial charge in [0, 0.05) is 33.4 Å². The Kier molecular flexibility index (Phi) is 7.26. The predicted octanol–water partition coefficient (Wildman–Crippen LogP) is 0.211. The molecule has 0 amide bonds. The molecule has 2 atom stereocenters. The summed E-state index contributed by atoms with van der Waals surface area (Å²) in [6.45, 7) is 6.27. The normalized spacial score (nSPS) is 16.8. The van der Waals surface area contributed by atoms with Gasteiger partial charge in [0.25, 0.3) is 0 Å². The second-order valence-electron chi connectivity index (χ2n) is 4.30. The molecule has 0 spiro atoms. The molecule has 0 fully saturated rings. The van der Waals surface area contributed by atoms with Crippen LogP contribution in [0.1, 0.15) is 13.8 Å². The molecule has 0 saturated carbocycles. The quantitative estimate of drug-likeness (QED) is 0.644. The summed E-state index contributed by atoms with van der Waals surface area (Å²) < 4.78 is 10.1. The number of hydrogen-bond donors (Lipinski definition) is 1. The van der Waals surface area contributed by atoms with Gasteiger partial charge in [0.2, 0.25) is 0 Å². The van der Waals surface area contributed by atoms with E-state index in [1.54, 1.807) is 21.1 Å². The standard InChI is InChI=1S/C11H23N3O2/c1-10(7-16-4)14(5-6-15-3)9-11(2,13)8-12/h10H,5-7,9,13H2,1-4H3. The molecule has 5 heteroatoms. The van der Waals surface area contributed by atoms with Gasteiger partial charge >= 0.3 is 0 Å². The lowest BCUT2D eigenvalue weighted by atomic mass is 10.0. The highest BCUT2D eigenvalue weighted by Crippen LogP contribution is 2.06. The first-order chi connectivity index (χ1) is 7.46. The molecule has 2 unspecified atom stereocenters. The van der Waals surface area contributed by atoms with Gasteiger partial charge in [-0.3, -0.25) is 4.90 Å². The molecule has 0 aliphatic rings. The van der Waals surface area contributed by atoms with Crippen molar-refractivity contribution in [1.29, 1.82) is 5.26 Å². The van der Waals surface area contributed by atoms with E-state index in [0.29, 0.717) is 19.8 Å². The van der Waals surface area contributed by atoms with Gasteiger partial charge in [-0.25, -0.2) is 0 Å². The predicted molar refractivity (Wildman–Crippen MR) is 63.0 cm³/mol. The topological polar surface area (TPSA) is 71.5 Å². The molecule has 0 aromatic rings. The van der Waals surface area contributed by atoms with Crippen LogP contribution in [0, 0.1) is 11.3 Å². The fourth-order valence-electron chi connectivity index (χ4n) is 1.47. The second kappa shape index (κ2) is 7.58. The van der Waals surface area contributed by atoms with Gasteiger partial charge in [-0.05, 0) is 13.8 Å². The molecule has 0 saturated heterocycles.